The van der Waals surface area contributed by atoms with Crippen LogP contribution in [0, 0.1) is 35.3 Å². The molecule has 1 aromatic rings. The maximum absolute atomic E-state index is 14.1. The van der Waals surface area contributed by atoms with E-state index in [2.05, 4.69) is 6.92 Å². The van der Waals surface area contributed by atoms with Gasteiger partial charge in [-0.05, 0) is 80.2 Å². The Bertz CT molecular complexity index is 584. The lowest BCUT2D eigenvalue weighted by atomic mass is 9.69. The Morgan fingerprint density at radius 3 is 1.96 bits per heavy atom. The topological polar surface area (TPSA) is 9.23 Å². The fraction of sp³-hybridized carbons (Fsp3) is 0.750. The number of halogens is 2. The van der Waals surface area contributed by atoms with Crippen molar-refractivity contribution in [1.82, 2.24) is 0 Å². The van der Waals surface area contributed by atoms with Gasteiger partial charge in [0, 0.05) is 0 Å². The summed E-state index contributed by atoms with van der Waals surface area (Å²) in [6.07, 6.45) is 13.8. The first-order valence-electron chi connectivity index (χ1n) is 11.2. The zero-order valence-electron chi connectivity index (χ0n) is 17.1. The molecule has 0 radical (unpaired) electrons. The minimum atomic E-state index is -0.827. The Balaban J connectivity index is 1.42. The fourth-order valence-corrected chi connectivity index (χ4v) is 5.35. The highest BCUT2D eigenvalue weighted by molar-refractivity contribution is 5.31. The summed E-state index contributed by atoms with van der Waals surface area (Å²) in [5, 5.41) is 0. The standard InChI is InChI=1S/C24H36F2O/c1-3-5-17-6-10-20(11-7-17)21-12-8-18(9-13-21)16-27-22-15-14-19(4-2)23(25)24(22)26/h14-15,17-18,20-21H,3-13,16H2,1-2H3. The van der Waals surface area contributed by atoms with E-state index in [0.29, 0.717) is 24.5 Å². The molecule has 0 heterocycles. The van der Waals surface area contributed by atoms with Gasteiger partial charge in [-0.3, -0.25) is 0 Å². The summed E-state index contributed by atoms with van der Waals surface area (Å²) in [7, 11) is 0. The van der Waals surface area contributed by atoms with E-state index in [0.717, 1.165) is 30.6 Å². The highest BCUT2D eigenvalue weighted by Crippen LogP contribution is 2.42. The third kappa shape index (κ3) is 5.23. The molecule has 27 heavy (non-hydrogen) atoms. The normalized spacial score (nSPS) is 28.9. The van der Waals surface area contributed by atoms with Gasteiger partial charge < -0.3 is 4.74 Å². The lowest BCUT2D eigenvalue weighted by Crippen LogP contribution is -2.27. The average molecular weight is 379 g/mol. The van der Waals surface area contributed by atoms with E-state index in [4.69, 9.17) is 4.74 Å². The van der Waals surface area contributed by atoms with Crippen LogP contribution < -0.4 is 4.74 Å². The molecular weight excluding hydrogens is 342 g/mol. The average Bonchev–Trinajstić information content (AvgIpc) is 2.70. The first-order chi connectivity index (χ1) is 13.1. The monoisotopic (exact) mass is 378 g/mol. The maximum atomic E-state index is 14.1. The van der Waals surface area contributed by atoms with Crippen molar-refractivity contribution in [3.63, 3.8) is 0 Å². The number of aryl methyl sites for hydroxylation is 1. The van der Waals surface area contributed by atoms with Gasteiger partial charge in [-0.25, -0.2) is 4.39 Å². The van der Waals surface area contributed by atoms with Crippen LogP contribution in [0.1, 0.15) is 83.6 Å². The van der Waals surface area contributed by atoms with E-state index < -0.39 is 11.6 Å². The Labute approximate surface area is 163 Å². The lowest BCUT2D eigenvalue weighted by Gasteiger charge is -2.37. The molecule has 3 rings (SSSR count). The van der Waals surface area contributed by atoms with Crippen LogP contribution in [0.5, 0.6) is 5.75 Å². The van der Waals surface area contributed by atoms with E-state index in [1.807, 2.05) is 6.92 Å². The van der Waals surface area contributed by atoms with Crippen LogP contribution in [-0.4, -0.2) is 6.61 Å². The van der Waals surface area contributed by atoms with Crippen LogP contribution in [0.2, 0.25) is 0 Å². The van der Waals surface area contributed by atoms with Gasteiger partial charge in [0.25, 0.3) is 0 Å². The van der Waals surface area contributed by atoms with Gasteiger partial charge in [-0.15, -0.1) is 0 Å². The first kappa shape index (κ1) is 20.6. The molecule has 2 aliphatic carbocycles. The van der Waals surface area contributed by atoms with Crippen molar-refractivity contribution in [1.29, 1.82) is 0 Å². The van der Waals surface area contributed by atoms with Gasteiger partial charge in [-0.1, -0.05) is 45.6 Å². The molecule has 0 unspecified atom stereocenters. The molecule has 0 spiro atoms. The van der Waals surface area contributed by atoms with Crippen molar-refractivity contribution >= 4 is 0 Å². The summed E-state index contributed by atoms with van der Waals surface area (Å²) < 4.78 is 33.7. The summed E-state index contributed by atoms with van der Waals surface area (Å²) in [5.74, 6) is 1.75. The molecule has 0 bridgehead atoms. The summed E-state index contributed by atoms with van der Waals surface area (Å²) in [5.41, 5.74) is 0.411. The highest BCUT2D eigenvalue weighted by Gasteiger charge is 2.31. The Kier molecular flexibility index (Phi) is 7.55. The SMILES string of the molecule is CCCC1CCC(C2CCC(COc3ccc(CC)c(F)c3F)CC2)CC1. The van der Waals surface area contributed by atoms with Gasteiger partial charge in [-0.2, -0.15) is 4.39 Å². The molecule has 0 saturated heterocycles. The van der Waals surface area contributed by atoms with E-state index >= 15 is 0 Å². The van der Waals surface area contributed by atoms with Crippen molar-refractivity contribution in [3.8, 4) is 5.75 Å². The van der Waals surface area contributed by atoms with Gasteiger partial charge in [0.15, 0.2) is 11.6 Å². The van der Waals surface area contributed by atoms with Gasteiger partial charge in [0.2, 0.25) is 5.82 Å². The molecule has 3 heteroatoms. The molecule has 0 aliphatic heterocycles. The van der Waals surface area contributed by atoms with Gasteiger partial charge in [0.1, 0.15) is 0 Å². The van der Waals surface area contributed by atoms with Crippen LogP contribution in [0.25, 0.3) is 0 Å². The second kappa shape index (κ2) is 9.89. The molecule has 0 N–H and O–H groups in total. The van der Waals surface area contributed by atoms with E-state index in [1.165, 1.54) is 51.4 Å². The molecule has 152 valence electrons. The van der Waals surface area contributed by atoms with Crippen LogP contribution in [0.4, 0.5) is 8.78 Å². The minimum Gasteiger partial charge on any atom is -0.490 e. The van der Waals surface area contributed by atoms with Crippen LogP contribution in [0.15, 0.2) is 12.1 Å². The molecule has 0 atom stereocenters. The number of ether oxygens (including phenoxy) is 1. The minimum absolute atomic E-state index is 0.0704. The predicted octanol–water partition coefficient (Wildman–Crippen LogP) is 7.32. The van der Waals surface area contributed by atoms with E-state index in [9.17, 15) is 8.78 Å². The van der Waals surface area contributed by atoms with Gasteiger partial charge in [0.05, 0.1) is 6.61 Å². The van der Waals surface area contributed by atoms with Crippen molar-refractivity contribution in [3.05, 3.63) is 29.3 Å². The van der Waals surface area contributed by atoms with Crippen LogP contribution >= 0.6 is 0 Å². The molecular formula is C24H36F2O. The molecule has 2 saturated carbocycles. The molecule has 1 aromatic carbocycles. The Morgan fingerprint density at radius 2 is 1.41 bits per heavy atom. The molecule has 2 aliphatic rings. The molecule has 2 fully saturated rings. The largest absolute Gasteiger partial charge is 0.490 e. The lowest BCUT2D eigenvalue weighted by molar-refractivity contribution is 0.120. The number of rotatable bonds is 7. The zero-order valence-corrected chi connectivity index (χ0v) is 17.1. The predicted molar refractivity (Wildman–Crippen MR) is 107 cm³/mol. The second-order valence-electron chi connectivity index (χ2n) is 8.87. The number of benzene rings is 1. The third-order valence-electron chi connectivity index (χ3n) is 7.13. The number of hydrogen-bond donors (Lipinski definition) is 0. The summed E-state index contributed by atoms with van der Waals surface area (Å²) in [6, 6.07) is 3.22. The Morgan fingerprint density at radius 1 is 0.815 bits per heavy atom. The summed E-state index contributed by atoms with van der Waals surface area (Å²) in [4.78, 5) is 0. The summed E-state index contributed by atoms with van der Waals surface area (Å²) >= 11 is 0. The fourth-order valence-electron chi connectivity index (χ4n) is 5.35. The third-order valence-corrected chi connectivity index (χ3v) is 7.13. The first-order valence-corrected chi connectivity index (χ1v) is 11.2. The van der Waals surface area contributed by atoms with Crippen molar-refractivity contribution in [2.45, 2.75) is 84.5 Å². The van der Waals surface area contributed by atoms with Crippen molar-refractivity contribution in [2.75, 3.05) is 6.61 Å². The van der Waals surface area contributed by atoms with E-state index in [1.54, 1.807) is 12.1 Å². The van der Waals surface area contributed by atoms with E-state index in [-0.39, 0.29) is 5.75 Å². The quantitative estimate of drug-likeness (QED) is 0.483. The van der Waals surface area contributed by atoms with Crippen molar-refractivity contribution in [2.24, 2.45) is 23.7 Å². The second-order valence-corrected chi connectivity index (χ2v) is 8.87. The summed E-state index contributed by atoms with van der Waals surface area (Å²) in [6.45, 7) is 4.64. The smallest absolute Gasteiger partial charge is 0.200 e. The molecule has 0 aromatic heterocycles. The van der Waals surface area contributed by atoms with Crippen LogP contribution in [-0.2, 0) is 6.42 Å². The molecule has 1 nitrogen and oxygen atoms in total. The zero-order chi connectivity index (χ0) is 19.2. The highest BCUT2D eigenvalue weighted by atomic mass is 19.2. The van der Waals surface area contributed by atoms with Gasteiger partial charge >= 0.3 is 0 Å². The molecule has 0 amide bonds. The Hall–Kier alpha value is -1.12. The maximum Gasteiger partial charge on any atom is 0.200 e. The van der Waals surface area contributed by atoms with Crippen LogP contribution in [0.3, 0.4) is 0 Å². The van der Waals surface area contributed by atoms with Crippen molar-refractivity contribution < 1.29 is 13.5 Å². The number of hydrogen-bond acceptors (Lipinski definition) is 1.